The van der Waals surface area contributed by atoms with Crippen molar-refractivity contribution in [3.63, 3.8) is 0 Å². The Bertz CT molecular complexity index is 1100. The molecule has 7 nitrogen and oxygen atoms in total. The first kappa shape index (κ1) is 23.5. The van der Waals surface area contributed by atoms with Crippen LogP contribution in [0.1, 0.15) is 18.9 Å². The Hall–Kier alpha value is -3.20. The molecule has 0 aliphatic heterocycles. The number of hydrogen-bond acceptors (Lipinski definition) is 5. The van der Waals surface area contributed by atoms with E-state index >= 15 is 0 Å². The van der Waals surface area contributed by atoms with Crippen LogP contribution in [0.4, 0.5) is 10.1 Å². The number of carbonyl (C=O) groups excluding carboxylic acids is 2. The Balaban J connectivity index is 1.62. The molecule has 2 amide bonds. The van der Waals surface area contributed by atoms with Crippen molar-refractivity contribution in [1.82, 2.24) is 19.7 Å². The van der Waals surface area contributed by atoms with Crippen molar-refractivity contribution >= 4 is 29.3 Å². The van der Waals surface area contributed by atoms with Crippen molar-refractivity contribution in [2.45, 2.75) is 25.4 Å². The van der Waals surface area contributed by atoms with Crippen LogP contribution in [-0.2, 0) is 16.6 Å². The van der Waals surface area contributed by atoms with Crippen molar-refractivity contribution in [3.05, 3.63) is 59.9 Å². The summed E-state index contributed by atoms with van der Waals surface area (Å²) in [4.78, 5) is 26.8. The minimum Gasteiger partial charge on any atom is -0.333 e. The number of anilines is 1. The van der Waals surface area contributed by atoms with Gasteiger partial charge in [-0.2, -0.15) is 0 Å². The zero-order valence-electron chi connectivity index (χ0n) is 18.3. The fourth-order valence-electron chi connectivity index (χ4n) is 3.17. The maximum Gasteiger partial charge on any atom is 0.244 e. The molecule has 1 heterocycles. The Morgan fingerprint density at radius 2 is 1.84 bits per heavy atom. The summed E-state index contributed by atoms with van der Waals surface area (Å²) in [7, 11) is 1.73. The van der Waals surface area contributed by atoms with Crippen molar-refractivity contribution in [2.24, 2.45) is 7.05 Å². The number of para-hydroxylation sites is 1. The average Bonchev–Trinajstić information content (AvgIpc) is 3.14. The second-order valence-electron chi connectivity index (χ2n) is 7.31. The maximum absolute atomic E-state index is 14.1. The highest BCUT2D eigenvalue weighted by Gasteiger charge is 2.20. The van der Waals surface area contributed by atoms with Crippen LogP contribution >= 0.6 is 11.8 Å². The topological polar surface area (TPSA) is 80.1 Å². The van der Waals surface area contributed by atoms with Gasteiger partial charge in [-0.3, -0.25) is 9.59 Å². The number of amides is 2. The lowest BCUT2D eigenvalue weighted by Gasteiger charge is -2.21. The number of thioether (sulfide) groups is 1. The Kier molecular flexibility index (Phi) is 7.99. The molecule has 32 heavy (non-hydrogen) atoms. The molecule has 0 unspecified atom stereocenters. The third kappa shape index (κ3) is 5.73. The van der Waals surface area contributed by atoms with Crippen molar-refractivity contribution in [1.29, 1.82) is 0 Å². The van der Waals surface area contributed by atoms with Gasteiger partial charge in [-0.25, -0.2) is 4.39 Å². The lowest BCUT2D eigenvalue weighted by Crippen LogP contribution is -2.39. The number of rotatable bonds is 9. The van der Waals surface area contributed by atoms with E-state index in [-0.39, 0.29) is 29.9 Å². The Morgan fingerprint density at radius 1 is 1.12 bits per heavy atom. The predicted octanol–water partition coefficient (Wildman–Crippen LogP) is 3.90. The van der Waals surface area contributed by atoms with Crippen LogP contribution in [0.25, 0.3) is 11.4 Å². The van der Waals surface area contributed by atoms with E-state index in [1.54, 1.807) is 29.8 Å². The van der Waals surface area contributed by atoms with E-state index < -0.39 is 0 Å². The van der Waals surface area contributed by atoms with E-state index in [0.717, 1.165) is 17.7 Å². The molecular weight excluding hydrogens is 429 g/mol. The second-order valence-corrected chi connectivity index (χ2v) is 8.25. The molecule has 0 saturated carbocycles. The first-order chi connectivity index (χ1) is 15.4. The fraction of sp³-hybridized carbons (Fsp3) is 0.304. The summed E-state index contributed by atoms with van der Waals surface area (Å²) in [5.41, 5.74) is 2.04. The van der Waals surface area contributed by atoms with Crippen LogP contribution in [0.3, 0.4) is 0 Å². The van der Waals surface area contributed by atoms with E-state index in [4.69, 9.17) is 0 Å². The number of carbonyl (C=O) groups is 2. The second kappa shape index (κ2) is 10.9. The highest BCUT2D eigenvalue weighted by atomic mass is 32.2. The zero-order valence-corrected chi connectivity index (χ0v) is 19.2. The summed E-state index contributed by atoms with van der Waals surface area (Å²) in [5, 5.41) is 11.5. The van der Waals surface area contributed by atoms with Gasteiger partial charge in [0.05, 0.1) is 17.9 Å². The Labute approximate surface area is 191 Å². The number of benzene rings is 2. The lowest BCUT2D eigenvalue weighted by atomic mass is 10.2. The summed E-state index contributed by atoms with van der Waals surface area (Å²) >= 11 is 1.21. The molecule has 1 aromatic heterocycles. The summed E-state index contributed by atoms with van der Waals surface area (Å²) in [5.74, 6) is -0.315. The molecule has 0 atom stereocenters. The van der Waals surface area contributed by atoms with E-state index in [9.17, 15) is 14.0 Å². The van der Waals surface area contributed by atoms with E-state index in [2.05, 4.69) is 15.5 Å². The van der Waals surface area contributed by atoms with Gasteiger partial charge in [0, 0.05) is 19.3 Å². The molecule has 0 spiro atoms. The summed E-state index contributed by atoms with van der Waals surface area (Å²) in [6.07, 6.45) is 0.732. The normalized spacial score (nSPS) is 10.8. The van der Waals surface area contributed by atoms with Gasteiger partial charge >= 0.3 is 0 Å². The molecule has 0 aliphatic rings. The highest BCUT2D eigenvalue weighted by molar-refractivity contribution is 7.99. The third-order valence-corrected chi connectivity index (χ3v) is 5.88. The average molecular weight is 456 g/mol. The number of nitrogens with zero attached hydrogens (tertiary/aromatic N) is 4. The molecule has 2 aromatic carbocycles. The summed E-state index contributed by atoms with van der Waals surface area (Å²) in [6, 6.07) is 13.8. The minimum atomic E-state index is -0.385. The van der Waals surface area contributed by atoms with Gasteiger partial charge in [-0.05, 0) is 37.1 Å². The SMILES string of the molecule is CCCN(CC(=O)Nc1ccccc1C)C(=O)CSc1nnc(-c2ccccc2F)n1C. The lowest BCUT2D eigenvalue weighted by molar-refractivity contribution is -0.132. The molecule has 0 fully saturated rings. The van der Waals surface area contributed by atoms with Gasteiger partial charge in [0.15, 0.2) is 11.0 Å². The van der Waals surface area contributed by atoms with E-state index in [1.807, 2.05) is 38.1 Å². The molecule has 3 rings (SSSR count). The first-order valence-corrected chi connectivity index (χ1v) is 11.3. The van der Waals surface area contributed by atoms with Gasteiger partial charge in [0.1, 0.15) is 5.82 Å². The molecule has 168 valence electrons. The molecular formula is C23H26FN5O2S. The van der Waals surface area contributed by atoms with Crippen LogP contribution in [0.2, 0.25) is 0 Å². The Morgan fingerprint density at radius 3 is 2.56 bits per heavy atom. The molecule has 1 N–H and O–H groups in total. The quantitative estimate of drug-likeness (QED) is 0.495. The molecule has 0 radical (unpaired) electrons. The molecule has 9 heteroatoms. The van der Waals surface area contributed by atoms with Gasteiger partial charge in [0.25, 0.3) is 0 Å². The van der Waals surface area contributed by atoms with E-state index in [1.165, 1.54) is 22.7 Å². The highest BCUT2D eigenvalue weighted by Crippen LogP contribution is 2.24. The van der Waals surface area contributed by atoms with Crippen LogP contribution in [0.15, 0.2) is 53.7 Å². The fourth-order valence-corrected chi connectivity index (χ4v) is 3.99. The molecule has 0 aliphatic carbocycles. The standard InChI is InChI=1S/C23H26FN5O2S/c1-4-13-29(14-20(30)25-19-12-8-5-9-16(19)2)21(31)15-32-23-27-26-22(28(23)3)17-10-6-7-11-18(17)24/h5-12H,4,13-15H2,1-3H3,(H,25,30). The maximum atomic E-state index is 14.1. The van der Waals surface area contributed by atoms with Crippen LogP contribution in [0.5, 0.6) is 0 Å². The first-order valence-electron chi connectivity index (χ1n) is 10.3. The summed E-state index contributed by atoms with van der Waals surface area (Å²) in [6.45, 7) is 4.31. The number of aromatic nitrogens is 3. The van der Waals surface area contributed by atoms with Crippen LogP contribution in [0, 0.1) is 12.7 Å². The number of halogens is 1. The number of nitrogens with one attached hydrogen (secondary N) is 1. The molecule has 0 bridgehead atoms. The minimum absolute atomic E-state index is 0.0269. The summed E-state index contributed by atoms with van der Waals surface area (Å²) < 4.78 is 15.7. The van der Waals surface area contributed by atoms with Gasteiger partial charge < -0.3 is 14.8 Å². The predicted molar refractivity (Wildman–Crippen MR) is 124 cm³/mol. The monoisotopic (exact) mass is 455 g/mol. The zero-order chi connectivity index (χ0) is 23.1. The van der Waals surface area contributed by atoms with Gasteiger partial charge in [-0.15, -0.1) is 10.2 Å². The smallest absolute Gasteiger partial charge is 0.244 e. The van der Waals surface area contributed by atoms with Crippen molar-refractivity contribution in [3.8, 4) is 11.4 Å². The number of aryl methyl sites for hydroxylation is 1. The van der Waals surface area contributed by atoms with E-state index in [0.29, 0.717) is 23.1 Å². The van der Waals surface area contributed by atoms with Gasteiger partial charge in [-0.1, -0.05) is 49.0 Å². The van der Waals surface area contributed by atoms with Gasteiger partial charge in [0.2, 0.25) is 11.8 Å². The largest absolute Gasteiger partial charge is 0.333 e. The van der Waals surface area contributed by atoms with Crippen LogP contribution in [-0.4, -0.2) is 50.3 Å². The molecule has 3 aromatic rings. The van der Waals surface area contributed by atoms with Crippen LogP contribution < -0.4 is 5.32 Å². The van der Waals surface area contributed by atoms with Crippen molar-refractivity contribution < 1.29 is 14.0 Å². The third-order valence-electron chi connectivity index (χ3n) is 4.87. The van der Waals surface area contributed by atoms with Crippen molar-refractivity contribution in [2.75, 3.05) is 24.2 Å². The number of hydrogen-bond donors (Lipinski definition) is 1. The molecule has 0 saturated heterocycles.